The molecule has 1 aromatic carbocycles. The summed E-state index contributed by atoms with van der Waals surface area (Å²) in [6, 6.07) is 5.81. The van der Waals surface area contributed by atoms with Crippen LogP contribution in [0.15, 0.2) is 24.3 Å². The molecule has 1 aliphatic carbocycles. The van der Waals surface area contributed by atoms with Crippen LogP contribution < -0.4 is 15.0 Å². The molecule has 1 amide bonds. The van der Waals surface area contributed by atoms with Crippen LogP contribution in [0.25, 0.3) is 0 Å². The Morgan fingerprint density at radius 3 is 2.45 bits per heavy atom. The lowest BCUT2D eigenvalue weighted by atomic mass is 9.70. The zero-order valence-corrected chi connectivity index (χ0v) is 17.0. The van der Waals surface area contributed by atoms with Crippen LogP contribution >= 0.6 is 0 Å². The van der Waals surface area contributed by atoms with Crippen LogP contribution in [0.3, 0.4) is 0 Å². The molecule has 6 nitrogen and oxygen atoms in total. The fourth-order valence-corrected chi connectivity index (χ4v) is 4.07. The van der Waals surface area contributed by atoms with Crippen LogP contribution in [0.5, 0.6) is 5.75 Å². The van der Waals surface area contributed by atoms with E-state index in [0.717, 1.165) is 42.2 Å². The second-order valence-electron chi connectivity index (χ2n) is 8.06. The molecule has 4 rings (SSSR count). The molecule has 2 aromatic rings. The Labute approximate surface area is 179 Å². The lowest BCUT2D eigenvalue weighted by Crippen LogP contribution is -2.45. The van der Waals surface area contributed by atoms with E-state index < -0.39 is 6.36 Å². The van der Waals surface area contributed by atoms with Crippen LogP contribution in [0.1, 0.15) is 50.2 Å². The molecule has 1 fully saturated rings. The summed E-state index contributed by atoms with van der Waals surface area (Å²) >= 11 is 0. The Kier molecular flexibility index (Phi) is 6.16. The molecule has 168 valence electrons. The standard InChI is InChI=1S/C21H23F3N4O2.CH4/c1-11-18-19(28(3)12(2)20(29)27-18)26-17(25-11)10-13-8-15(9-13)14-4-6-16(7-5-14)30-21(22,23)24;/h4-7,12-13,15H,8-10H2,1-3H3,(H,27,29);1H4/t12-,13?,15?;/m0./s1. The molecule has 1 atom stereocenters. The summed E-state index contributed by atoms with van der Waals surface area (Å²) < 4.78 is 40.8. The van der Waals surface area contributed by atoms with E-state index in [2.05, 4.69) is 20.0 Å². The maximum atomic E-state index is 12.3. The van der Waals surface area contributed by atoms with Crippen molar-refractivity contribution in [2.45, 2.75) is 58.9 Å². The highest BCUT2D eigenvalue weighted by Crippen LogP contribution is 2.44. The highest BCUT2D eigenvalue weighted by molar-refractivity contribution is 6.02. The van der Waals surface area contributed by atoms with Gasteiger partial charge in [-0.1, -0.05) is 19.6 Å². The van der Waals surface area contributed by atoms with E-state index in [4.69, 9.17) is 0 Å². The highest BCUT2D eigenvalue weighted by Gasteiger charge is 2.34. The van der Waals surface area contributed by atoms with Crippen molar-refractivity contribution in [3.05, 3.63) is 41.3 Å². The zero-order valence-electron chi connectivity index (χ0n) is 17.0. The van der Waals surface area contributed by atoms with Gasteiger partial charge in [0.1, 0.15) is 23.3 Å². The minimum atomic E-state index is -4.68. The summed E-state index contributed by atoms with van der Waals surface area (Å²) in [6.07, 6.45) is -2.08. The normalized spacial score (nSPS) is 22.7. The van der Waals surface area contributed by atoms with Crippen molar-refractivity contribution in [1.29, 1.82) is 0 Å². The van der Waals surface area contributed by atoms with Gasteiger partial charge in [-0.3, -0.25) is 4.79 Å². The zero-order chi connectivity index (χ0) is 21.6. The van der Waals surface area contributed by atoms with Crippen LogP contribution in [-0.4, -0.2) is 35.3 Å². The van der Waals surface area contributed by atoms with Crippen molar-refractivity contribution in [1.82, 2.24) is 9.97 Å². The number of alkyl halides is 3. The first-order valence-corrected chi connectivity index (χ1v) is 9.87. The number of carbonyl (C=O) groups excluding carboxylic acids is 1. The van der Waals surface area contributed by atoms with E-state index in [1.165, 1.54) is 12.1 Å². The number of nitrogens with zero attached hydrogens (tertiary/aromatic N) is 3. The molecule has 0 unspecified atom stereocenters. The van der Waals surface area contributed by atoms with E-state index in [9.17, 15) is 18.0 Å². The Balaban J connectivity index is 0.00000272. The summed E-state index contributed by atoms with van der Waals surface area (Å²) in [5.74, 6) is 1.94. The largest absolute Gasteiger partial charge is 0.573 e. The smallest absolute Gasteiger partial charge is 0.406 e. The first kappa shape index (κ1) is 22.8. The maximum Gasteiger partial charge on any atom is 0.573 e. The second kappa shape index (κ2) is 8.36. The molecule has 1 N–H and O–H groups in total. The summed E-state index contributed by atoms with van der Waals surface area (Å²) in [7, 11) is 1.85. The van der Waals surface area contributed by atoms with Crippen molar-refractivity contribution < 1.29 is 22.7 Å². The van der Waals surface area contributed by atoms with Gasteiger partial charge in [0.25, 0.3) is 0 Å². The van der Waals surface area contributed by atoms with Gasteiger partial charge in [0, 0.05) is 13.5 Å². The van der Waals surface area contributed by atoms with Gasteiger partial charge in [-0.15, -0.1) is 13.2 Å². The maximum absolute atomic E-state index is 12.3. The Morgan fingerprint density at radius 2 is 1.84 bits per heavy atom. The first-order chi connectivity index (χ1) is 14.1. The molecular weight excluding hydrogens is 409 g/mol. The number of benzene rings is 1. The topological polar surface area (TPSA) is 67.4 Å². The number of amides is 1. The number of carbonyl (C=O) groups is 1. The molecule has 2 aliphatic rings. The van der Waals surface area contributed by atoms with Crippen LogP contribution in [0.4, 0.5) is 24.7 Å². The van der Waals surface area contributed by atoms with Gasteiger partial charge in [-0.2, -0.15) is 0 Å². The minimum Gasteiger partial charge on any atom is -0.406 e. The summed E-state index contributed by atoms with van der Waals surface area (Å²) in [5.41, 5.74) is 2.43. The number of hydrogen-bond acceptors (Lipinski definition) is 5. The third-order valence-corrected chi connectivity index (χ3v) is 5.95. The molecule has 0 saturated heterocycles. The molecule has 31 heavy (non-hydrogen) atoms. The number of halogens is 3. The van der Waals surface area contributed by atoms with E-state index in [1.54, 1.807) is 12.1 Å². The lowest BCUT2D eigenvalue weighted by molar-refractivity contribution is -0.274. The average molecular weight is 436 g/mol. The number of likely N-dealkylation sites (N-methyl/N-ethyl adjacent to an activating group) is 1. The van der Waals surface area contributed by atoms with E-state index >= 15 is 0 Å². The van der Waals surface area contributed by atoms with Crippen molar-refractivity contribution in [3.8, 4) is 5.75 Å². The molecule has 0 radical (unpaired) electrons. The van der Waals surface area contributed by atoms with Gasteiger partial charge in [0.2, 0.25) is 5.91 Å². The molecular formula is C22H27F3N4O2. The number of aryl methyl sites for hydroxylation is 1. The SMILES string of the molecule is C.Cc1nc(CC2CC(c3ccc(OC(F)(F)F)cc3)C2)nc2c1NC(=O)[C@H](C)N2C. The number of fused-ring (bicyclic) bond motifs is 1. The van der Waals surface area contributed by atoms with Crippen molar-refractivity contribution in [3.63, 3.8) is 0 Å². The third-order valence-electron chi connectivity index (χ3n) is 5.95. The van der Waals surface area contributed by atoms with Crippen LogP contribution in [-0.2, 0) is 11.2 Å². The minimum absolute atomic E-state index is 0. The van der Waals surface area contributed by atoms with Gasteiger partial charge < -0.3 is 15.0 Å². The fourth-order valence-electron chi connectivity index (χ4n) is 4.07. The number of aromatic nitrogens is 2. The Morgan fingerprint density at radius 1 is 1.19 bits per heavy atom. The van der Waals surface area contributed by atoms with Gasteiger partial charge in [-0.25, -0.2) is 9.97 Å². The van der Waals surface area contributed by atoms with E-state index in [0.29, 0.717) is 17.5 Å². The Bertz CT molecular complexity index is 956. The highest BCUT2D eigenvalue weighted by atomic mass is 19.4. The van der Waals surface area contributed by atoms with Gasteiger partial charge in [-0.05, 0) is 56.2 Å². The monoisotopic (exact) mass is 436 g/mol. The molecule has 1 saturated carbocycles. The van der Waals surface area contributed by atoms with Gasteiger partial charge in [0.05, 0.1) is 5.69 Å². The molecule has 1 aliphatic heterocycles. The number of rotatable bonds is 4. The number of hydrogen-bond donors (Lipinski definition) is 1. The Hall–Kier alpha value is -2.84. The third kappa shape index (κ3) is 4.75. The van der Waals surface area contributed by atoms with Crippen molar-refractivity contribution in [2.24, 2.45) is 5.92 Å². The van der Waals surface area contributed by atoms with Gasteiger partial charge in [0.15, 0.2) is 5.82 Å². The van der Waals surface area contributed by atoms with Crippen LogP contribution in [0.2, 0.25) is 0 Å². The van der Waals surface area contributed by atoms with E-state index in [-0.39, 0.29) is 25.1 Å². The number of ether oxygens (including phenoxy) is 1. The first-order valence-electron chi connectivity index (χ1n) is 9.87. The summed E-state index contributed by atoms with van der Waals surface area (Å²) in [4.78, 5) is 23.1. The van der Waals surface area contributed by atoms with Crippen molar-refractivity contribution >= 4 is 17.4 Å². The number of nitrogens with one attached hydrogen (secondary N) is 1. The van der Waals surface area contributed by atoms with E-state index in [1.807, 2.05) is 25.8 Å². The molecule has 9 heteroatoms. The molecule has 1 aromatic heterocycles. The second-order valence-corrected chi connectivity index (χ2v) is 8.06. The molecule has 0 bridgehead atoms. The predicted octanol–water partition coefficient (Wildman–Crippen LogP) is 4.83. The molecule has 2 heterocycles. The quantitative estimate of drug-likeness (QED) is 0.743. The summed E-state index contributed by atoms with van der Waals surface area (Å²) in [6.45, 7) is 3.69. The van der Waals surface area contributed by atoms with Gasteiger partial charge >= 0.3 is 6.36 Å². The average Bonchev–Trinajstić information content (AvgIpc) is 2.63. The molecule has 0 spiro atoms. The lowest BCUT2D eigenvalue weighted by Gasteiger charge is -2.36. The predicted molar refractivity (Wildman–Crippen MR) is 112 cm³/mol. The van der Waals surface area contributed by atoms with Crippen LogP contribution in [0, 0.1) is 12.8 Å². The summed E-state index contributed by atoms with van der Waals surface area (Å²) in [5, 5.41) is 2.88. The van der Waals surface area contributed by atoms with Crippen molar-refractivity contribution in [2.75, 3.05) is 17.3 Å². The number of anilines is 2. The fraction of sp³-hybridized carbons (Fsp3) is 0.500.